The summed E-state index contributed by atoms with van der Waals surface area (Å²) in [5.41, 5.74) is 4.95. The smallest absolute Gasteiger partial charge is 0.359 e. The molecule has 0 saturated carbocycles. The van der Waals surface area contributed by atoms with Gasteiger partial charge in [0.25, 0.3) is 5.91 Å². The van der Waals surface area contributed by atoms with Crippen molar-refractivity contribution in [2.45, 2.75) is 39.3 Å². The second-order valence-electron chi connectivity index (χ2n) is 8.80. The Hall–Kier alpha value is -4.20. The largest absolute Gasteiger partial charge is 0.461 e. The molecule has 184 valence electrons. The molecule has 3 heterocycles. The van der Waals surface area contributed by atoms with E-state index in [0.717, 1.165) is 29.8 Å². The number of esters is 1. The molecule has 0 radical (unpaired) electrons. The maximum absolute atomic E-state index is 13.3. The van der Waals surface area contributed by atoms with E-state index >= 15 is 0 Å². The number of ether oxygens (including phenoxy) is 1. The molecule has 0 bridgehead atoms. The second-order valence-corrected chi connectivity index (χ2v) is 8.80. The first kappa shape index (κ1) is 23.5. The summed E-state index contributed by atoms with van der Waals surface area (Å²) in [6.07, 6.45) is 7.78. The lowest BCUT2D eigenvalue weighted by molar-refractivity contribution is 0.0513. The molecule has 2 aromatic carbocycles. The Labute approximate surface area is 210 Å². The molecule has 8 heteroatoms. The number of rotatable bonds is 8. The average molecular weight is 484 g/mol. The number of hydrogen-bond acceptors (Lipinski definition) is 5. The second kappa shape index (κ2) is 10.6. The number of aromatic nitrogens is 4. The van der Waals surface area contributed by atoms with Gasteiger partial charge in [-0.25, -0.2) is 9.78 Å². The van der Waals surface area contributed by atoms with Gasteiger partial charge < -0.3 is 14.2 Å². The fourth-order valence-electron chi connectivity index (χ4n) is 4.66. The highest BCUT2D eigenvalue weighted by Crippen LogP contribution is 2.25. The summed E-state index contributed by atoms with van der Waals surface area (Å²) >= 11 is 0. The van der Waals surface area contributed by atoms with E-state index in [1.165, 1.54) is 5.56 Å². The van der Waals surface area contributed by atoms with Gasteiger partial charge in [-0.15, -0.1) is 0 Å². The summed E-state index contributed by atoms with van der Waals surface area (Å²) in [7, 11) is 0. The molecule has 2 aromatic heterocycles. The Morgan fingerprint density at radius 3 is 2.58 bits per heavy atom. The van der Waals surface area contributed by atoms with E-state index in [4.69, 9.17) is 4.74 Å². The van der Waals surface area contributed by atoms with Gasteiger partial charge in [0.15, 0.2) is 5.69 Å². The molecule has 0 unspecified atom stereocenters. The van der Waals surface area contributed by atoms with Gasteiger partial charge in [0, 0.05) is 54.4 Å². The number of nitrogens with zero attached hydrogens (tertiary/aromatic N) is 5. The Kier molecular flexibility index (Phi) is 6.93. The third-order valence-electron chi connectivity index (χ3n) is 6.48. The first-order valence-corrected chi connectivity index (χ1v) is 12.3. The third kappa shape index (κ3) is 4.93. The van der Waals surface area contributed by atoms with Crippen LogP contribution in [0.3, 0.4) is 0 Å². The highest BCUT2D eigenvalue weighted by Gasteiger charge is 2.31. The van der Waals surface area contributed by atoms with E-state index in [1.54, 1.807) is 24.3 Å². The van der Waals surface area contributed by atoms with Crippen molar-refractivity contribution >= 4 is 11.9 Å². The zero-order valence-electron chi connectivity index (χ0n) is 20.3. The first-order valence-electron chi connectivity index (χ1n) is 12.3. The predicted octanol–water partition coefficient (Wildman–Crippen LogP) is 4.08. The van der Waals surface area contributed by atoms with Crippen LogP contribution in [0, 0.1) is 0 Å². The Balaban J connectivity index is 1.33. The Morgan fingerprint density at radius 1 is 1.06 bits per heavy atom. The van der Waals surface area contributed by atoms with Crippen molar-refractivity contribution < 1.29 is 14.3 Å². The van der Waals surface area contributed by atoms with Crippen molar-refractivity contribution in [1.29, 1.82) is 0 Å². The van der Waals surface area contributed by atoms with Crippen molar-refractivity contribution in [2.75, 3.05) is 13.2 Å². The molecule has 8 nitrogen and oxygen atoms in total. The molecule has 0 fully saturated rings. The van der Waals surface area contributed by atoms with Crippen molar-refractivity contribution in [3.05, 3.63) is 101 Å². The molecule has 1 amide bonds. The minimum Gasteiger partial charge on any atom is -0.461 e. The monoisotopic (exact) mass is 483 g/mol. The van der Waals surface area contributed by atoms with Crippen molar-refractivity contribution in [3.8, 4) is 5.69 Å². The number of carbonyl (C=O) groups excluding carboxylic acids is 2. The lowest BCUT2D eigenvalue weighted by atomic mass is 10.0. The third-order valence-corrected chi connectivity index (χ3v) is 6.48. The molecule has 0 saturated heterocycles. The number of benzene rings is 2. The Bertz CT molecular complexity index is 1330. The molecular formula is C28H29N5O3. The van der Waals surface area contributed by atoms with Crippen LogP contribution in [0.2, 0.25) is 0 Å². The molecule has 0 aliphatic carbocycles. The van der Waals surface area contributed by atoms with E-state index in [0.29, 0.717) is 37.3 Å². The molecule has 1 aliphatic rings. The van der Waals surface area contributed by atoms with Crippen LogP contribution < -0.4 is 0 Å². The molecule has 4 aromatic rings. The van der Waals surface area contributed by atoms with E-state index in [2.05, 4.69) is 22.2 Å². The van der Waals surface area contributed by atoms with E-state index in [1.807, 2.05) is 57.9 Å². The standard InChI is InChI=1S/C28H29N5O3/c1-2-36-28(35)26-24-19-31(27(34)22-10-12-23(13-11-22)32-18-15-29-20-32)17-14-25(24)33(30-26)16-6-9-21-7-4-3-5-8-21/h3-5,7-8,10-13,15,18,20H,2,6,9,14,16-17,19H2,1H3. The van der Waals surface area contributed by atoms with Crippen LogP contribution in [-0.4, -0.2) is 49.3 Å². The lowest BCUT2D eigenvalue weighted by Gasteiger charge is -2.28. The molecular weight excluding hydrogens is 454 g/mol. The van der Waals surface area contributed by atoms with Crippen LogP contribution in [0.25, 0.3) is 5.69 Å². The molecule has 36 heavy (non-hydrogen) atoms. The van der Waals surface area contributed by atoms with E-state index in [9.17, 15) is 9.59 Å². The minimum absolute atomic E-state index is 0.0653. The van der Waals surface area contributed by atoms with Crippen LogP contribution in [0.5, 0.6) is 0 Å². The summed E-state index contributed by atoms with van der Waals surface area (Å²) in [6, 6.07) is 17.8. The summed E-state index contributed by atoms with van der Waals surface area (Å²) in [4.78, 5) is 31.9. The van der Waals surface area contributed by atoms with Gasteiger partial charge in [0.05, 0.1) is 19.5 Å². The number of hydrogen-bond donors (Lipinski definition) is 0. The van der Waals surface area contributed by atoms with Gasteiger partial charge in [0.1, 0.15) is 0 Å². The lowest BCUT2D eigenvalue weighted by Crippen LogP contribution is -2.36. The summed E-state index contributed by atoms with van der Waals surface area (Å²) < 4.78 is 9.11. The summed E-state index contributed by atoms with van der Waals surface area (Å²) in [6.45, 7) is 3.68. The quantitative estimate of drug-likeness (QED) is 0.353. The molecule has 0 atom stereocenters. The number of aryl methyl sites for hydroxylation is 2. The summed E-state index contributed by atoms with van der Waals surface area (Å²) in [5, 5.41) is 4.64. The topological polar surface area (TPSA) is 82.3 Å². The number of carbonyl (C=O) groups is 2. The average Bonchev–Trinajstić information content (AvgIpc) is 3.58. The normalized spacial score (nSPS) is 12.9. The van der Waals surface area contributed by atoms with E-state index in [-0.39, 0.29) is 12.5 Å². The van der Waals surface area contributed by atoms with Crippen LogP contribution in [-0.2, 0) is 30.7 Å². The zero-order valence-corrected chi connectivity index (χ0v) is 20.3. The zero-order chi connectivity index (χ0) is 24.9. The minimum atomic E-state index is -0.436. The predicted molar refractivity (Wildman–Crippen MR) is 135 cm³/mol. The van der Waals surface area contributed by atoms with Crippen molar-refractivity contribution in [3.63, 3.8) is 0 Å². The maximum atomic E-state index is 13.3. The maximum Gasteiger partial charge on any atom is 0.359 e. The SMILES string of the molecule is CCOC(=O)c1nn(CCCc2ccccc2)c2c1CN(C(=O)c1ccc(-n3ccnc3)cc1)CC2. The highest BCUT2D eigenvalue weighted by molar-refractivity contribution is 5.95. The number of fused-ring (bicyclic) bond motifs is 1. The van der Waals surface area contributed by atoms with Crippen LogP contribution in [0.15, 0.2) is 73.3 Å². The Morgan fingerprint density at radius 2 is 1.86 bits per heavy atom. The van der Waals surface area contributed by atoms with Gasteiger partial charge in [-0.1, -0.05) is 30.3 Å². The molecule has 0 spiro atoms. The fourth-order valence-corrected chi connectivity index (χ4v) is 4.66. The molecule has 5 rings (SSSR count). The number of imidazole rings is 1. The molecule has 1 aliphatic heterocycles. The van der Waals surface area contributed by atoms with Crippen LogP contribution >= 0.6 is 0 Å². The molecule has 0 N–H and O–H groups in total. The fraction of sp³-hybridized carbons (Fsp3) is 0.286. The van der Waals surface area contributed by atoms with Gasteiger partial charge in [0.2, 0.25) is 0 Å². The van der Waals surface area contributed by atoms with Crippen LogP contribution in [0.4, 0.5) is 0 Å². The van der Waals surface area contributed by atoms with Gasteiger partial charge in [-0.2, -0.15) is 5.10 Å². The number of amides is 1. The van der Waals surface area contributed by atoms with Gasteiger partial charge >= 0.3 is 5.97 Å². The van der Waals surface area contributed by atoms with Crippen molar-refractivity contribution in [1.82, 2.24) is 24.2 Å². The van der Waals surface area contributed by atoms with E-state index < -0.39 is 5.97 Å². The van der Waals surface area contributed by atoms with Crippen molar-refractivity contribution in [2.24, 2.45) is 0 Å². The summed E-state index contributed by atoms with van der Waals surface area (Å²) in [5.74, 6) is -0.501. The highest BCUT2D eigenvalue weighted by atomic mass is 16.5. The first-order chi connectivity index (χ1) is 17.6. The van der Waals surface area contributed by atoms with Gasteiger partial charge in [-0.05, 0) is 49.6 Å². The van der Waals surface area contributed by atoms with Crippen LogP contribution in [0.1, 0.15) is 51.0 Å². The van der Waals surface area contributed by atoms with Gasteiger partial charge in [-0.3, -0.25) is 9.48 Å².